The number of carbonyl (C=O) groups is 1. The standard InChI is InChI=1S/C19H26N2O3S2/c22-19(16-25-18-8-4-5-9-18)20-11-13-21(14-12-20)26(23,24)15-10-17-6-2-1-3-7-17/h1-3,6-7,10,15,18H,4-5,8-9,11-14,16H2/b15-10+. The van der Waals surface area contributed by atoms with E-state index in [9.17, 15) is 13.2 Å². The molecule has 0 atom stereocenters. The SMILES string of the molecule is O=C(CSC1CCCC1)N1CCN(S(=O)(=O)/C=C/c2ccccc2)CC1. The second-order valence-corrected chi connectivity index (χ2v) is 9.86. The molecule has 2 aliphatic rings. The second-order valence-electron chi connectivity index (χ2n) is 6.76. The predicted molar refractivity (Wildman–Crippen MR) is 107 cm³/mol. The third kappa shape index (κ3) is 5.34. The number of hydrogen-bond donors (Lipinski definition) is 0. The Hall–Kier alpha value is -1.31. The summed E-state index contributed by atoms with van der Waals surface area (Å²) >= 11 is 1.76. The molecule has 1 aromatic rings. The molecule has 26 heavy (non-hydrogen) atoms. The number of sulfonamides is 1. The quantitative estimate of drug-likeness (QED) is 0.744. The van der Waals surface area contributed by atoms with E-state index >= 15 is 0 Å². The summed E-state index contributed by atoms with van der Waals surface area (Å²) in [5.41, 5.74) is 0.855. The molecule has 1 saturated heterocycles. The summed E-state index contributed by atoms with van der Waals surface area (Å²) in [6, 6.07) is 9.38. The van der Waals surface area contributed by atoms with Gasteiger partial charge in [0.25, 0.3) is 0 Å². The molecule has 1 amide bonds. The topological polar surface area (TPSA) is 57.7 Å². The summed E-state index contributed by atoms with van der Waals surface area (Å²) in [4.78, 5) is 14.1. The Bertz CT molecular complexity index is 720. The van der Waals surface area contributed by atoms with Crippen LogP contribution in [0.2, 0.25) is 0 Å². The first-order valence-electron chi connectivity index (χ1n) is 9.17. The molecule has 0 bridgehead atoms. The van der Waals surface area contributed by atoms with E-state index in [1.807, 2.05) is 30.3 Å². The molecule has 0 spiro atoms. The van der Waals surface area contributed by atoms with Crippen molar-refractivity contribution in [3.63, 3.8) is 0 Å². The molecule has 1 aliphatic carbocycles. The van der Waals surface area contributed by atoms with Crippen molar-refractivity contribution in [2.45, 2.75) is 30.9 Å². The molecular formula is C19H26N2O3S2. The van der Waals surface area contributed by atoms with Crippen LogP contribution in [0.15, 0.2) is 35.7 Å². The Morgan fingerprint density at radius 1 is 1.08 bits per heavy atom. The van der Waals surface area contributed by atoms with Crippen LogP contribution in [0.3, 0.4) is 0 Å². The first-order chi connectivity index (χ1) is 12.5. The molecule has 0 unspecified atom stereocenters. The smallest absolute Gasteiger partial charge is 0.236 e. The van der Waals surface area contributed by atoms with E-state index in [1.54, 1.807) is 22.7 Å². The highest BCUT2D eigenvalue weighted by molar-refractivity contribution is 8.00. The minimum absolute atomic E-state index is 0.138. The molecule has 0 aromatic heterocycles. The molecule has 5 nitrogen and oxygen atoms in total. The van der Waals surface area contributed by atoms with Crippen LogP contribution in [0.5, 0.6) is 0 Å². The Morgan fingerprint density at radius 2 is 1.73 bits per heavy atom. The summed E-state index contributed by atoms with van der Waals surface area (Å²) in [5.74, 6) is 0.657. The maximum Gasteiger partial charge on any atom is 0.236 e. The van der Waals surface area contributed by atoms with Gasteiger partial charge < -0.3 is 4.90 Å². The minimum atomic E-state index is -3.45. The number of benzene rings is 1. The van der Waals surface area contributed by atoms with Crippen LogP contribution in [-0.2, 0) is 14.8 Å². The first-order valence-corrected chi connectivity index (χ1v) is 11.7. The third-order valence-electron chi connectivity index (χ3n) is 4.93. The van der Waals surface area contributed by atoms with Gasteiger partial charge in [-0.05, 0) is 24.5 Å². The van der Waals surface area contributed by atoms with Crippen molar-refractivity contribution in [1.29, 1.82) is 0 Å². The van der Waals surface area contributed by atoms with Crippen LogP contribution < -0.4 is 0 Å². The molecule has 7 heteroatoms. The normalized spacial score (nSPS) is 20.1. The maximum absolute atomic E-state index is 12.5. The zero-order valence-corrected chi connectivity index (χ0v) is 16.6. The molecule has 1 saturated carbocycles. The Labute approximate surface area is 160 Å². The van der Waals surface area contributed by atoms with Gasteiger partial charge in [0.1, 0.15) is 0 Å². The van der Waals surface area contributed by atoms with Gasteiger partial charge in [0.15, 0.2) is 0 Å². The lowest BCUT2D eigenvalue weighted by Gasteiger charge is -2.33. The predicted octanol–water partition coefficient (Wildman–Crippen LogP) is 2.81. The van der Waals surface area contributed by atoms with Gasteiger partial charge in [0, 0.05) is 36.8 Å². The number of carbonyl (C=O) groups excluding carboxylic acids is 1. The second kappa shape index (κ2) is 9.06. The van der Waals surface area contributed by atoms with Crippen molar-refractivity contribution in [3.05, 3.63) is 41.3 Å². The molecule has 1 aromatic carbocycles. The third-order valence-corrected chi connectivity index (χ3v) is 7.85. The van der Waals surface area contributed by atoms with Crippen LogP contribution in [0.1, 0.15) is 31.2 Å². The Balaban J connectivity index is 1.47. The number of nitrogens with zero attached hydrogens (tertiary/aromatic N) is 2. The highest BCUT2D eigenvalue weighted by Crippen LogP contribution is 2.29. The number of thioether (sulfide) groups is 1. The van der Waals surface area contributed by atoms with Crippen LogP contribution in [0.25, 0.3) is 6.08 Å². The lowest BCUT2D eigenvalue weighted by atomic mass is 10.2. The van der Waals surface area contributed by atoms with Gasteiger partial charge in [-0.2, -0.15) is 4.31 Å². The summed E-state index contributed by atoms with van der Waals surface area (Å²) in [6.07, 6.45) is 6.61. The van der Waals surface area contributed by atoms with E-state index < -0.39 is 10.0 Å². The number of piperazine rings is 1. The summed E-state index contributed by atoms with van der Waals surface area (Å²) in [7, 11) is -3.45. The number of hydrogen-bond acceptors (Lipinski definition) is 4. The average Bonchev–Trinajstić information content (AvgIpc) is 3.19. The van der Waals surface area contributed by atoms with Crippen molar-refractivity contribution < 1.29 is 13.2 Å². The summed E-state index contributed by atoms with van der Waals surface area (Å²) in [5, 5.41) is 1.89. The highest BCUT2D eigenvalue weighted by atomic mass is 32.2. The van der Waals surface area contributed by atoms with E-state index in [0.717, 1.165) is 5.56 Å². The lowest BCUT2D eigenvalue weighted by Crippen LogP contribution is -2.50. The Morgan fingerprint density at radius 3 is 2.38 bits per heavy atom. The lowest BCUT2D eigenvalue weighted by molar-refractivity contribution is -0.129. The number of rotatable bonds is 6. The molecule has 2 fully saturated rings. The molecule has 3 rings (SSSR count). The molecule has 0 N–H and O–H groups in total. The van der Waals surface area contributed by atoms with Gasteiger partial charge in [-0.1, -0.05) is 43.2 Å². The van der Waals surface area contributed by atoms with E-state index in [1.165, 1.54) is 35.4 Å². The largest absolute Gasteiger partial charge is 0.339 e. The molecule has 1 aliphatic heterocycles. The molecule has 142 valence electrons. The van der Waals surface area contributed by atoms with Crippen LogP contribution >= 0.6 is 11.8 Å². The van der Waals surface area contributed by atoms with E-state index in [4.69, 9.17) is 0 Å². The Kier molecular flexibility index (Phi) is 6.78. The summed E-state index contributed by atoms with van der Waals surface area (Å²) < 4.78 is 26.4. The van der Waals surface area contributed by atoms with E-state index in [-0.39, 0.29) is 5.91 Å². The fourth-order valence-electron chi connectivity index (χ4n) is 3.34. The van der Waals surface area contributed by atoms with Gasteiger partial charge in [0.05, 0.1) is 5.75 Å². The van der Waals surface area contributed by atoms with Crippen molar-refractivity contribution in [3.8, 4) is 0 Å². The fourth-order valence-corrected chi connectivity index (χ4v) is 5.74. The average molecular weight is 395 g/mol. The summed E-state index contributed by atoms with van der Waals surface area (Å²) in [6.45, 7) is 1.67. The van der Waals surface area contributed by atoms with Crippen LogP contribution in [0, 0.1) is 0 Å². The van der Waals surface area contributed by atoms with Crippen molar-refractivity contribution in [2.24, 2.45) is 0 Å². The van der Waals surface area contributed by atoms with Gasteiger partial charge in [-0.25, -0.2) is 8.42 Å². The van der Waals surface area contributed by atoms with E-state index in [2.05, 4.69) is 0 Å². The van der Waals surface area contributed by atoms with Crippen molar-refractivity contribution in [1.82, 2.24) is 9.21 Å². The van der Waals surface area contributed by atoms with Gasteiger partial charge >= 0.3 is 0 Å². The maximum atomic E-state index is 12.5. The zero-order chi connectivity index (χ0) is 18.4. The minimum Gasteiger partial charge on any atom is -0.339 e. The molecule has 1 heterocycles. The van der Waals surface area contributed by atoms with Gasteiger partial charge in [0.2, 0.25) is 15.9 Å². The van der Waals surface area contributed by atoms with Crippen molar-refractivity contribution >= 4 is 33.8 Å². The van der Waals surface area contributed by atoms with E-state index in [0.29, 0.717) is 37.2 Å². The molecular weight excluding hydrogens is 368 g/mol. The van der Waals surface area contributed by atoms with Crippen LogP contribution in [-0.4, -0.2) is 60.7 Å². The zero-order valence-electron chi connectivity index (χ0n) is 14.9. The van der Waals surface area contributed by atoms with Gasteiger partial charge in [-0.3, -0.25) is 4.79 Å². The highest BCUT2D eigenvalue weighted by Gasteiger charge is 2.27. The monoisotopic (exact) mass is 394 g/mol. The van der Waals surface area contributed by atoms with Crippen molar-refractivity contribution in [2.75, 3.05) is 31.9 Å². The fraction of sp³-hybridized carbons (Fsp3) is 0.526. The number of amides is 1. The first kappa shape index (κ1) is 19.5. The van der Waals surface area contributed by atoms with Gasteiger partial charge in [-0.15, -0.1) is 11.8 Å². The molecule has 0 radical (unpaired) electrons. The van der Waals surface area contributed by atoms with Crippen LogP contribution in [0.4, 0.5) is 0 Å².